The average Bonchev–Trinajstić information content (AvgIpc) is 2.68. The Morgan fingerprint density at radius 2 is 1.68 bits per heavy atom. The van der Waals surface area contributed by atoms with Crippen LogP contribution in [0.2, 0.25) is 0 Å². The van der Waals surface area contributed by atoms with Gasteiger partial charge in [0.2, 0.25) is 0 Å². The minimum atomic E-state index is -1.11. The third-order valence-electron chi connectivity index (χ3n) is 4.99. The molecule has 0 bridgehead atoms. The van der Waals surface area contributed by atoms with Crippen LogP contribution in [0, 0.1) is 13.8 Å². The number of aliphatic carboxylic acids is 1. The third kappa shape index (κ3) is 3.97. The Labute approximate surface area is 163 Å². The highest BCUT2D eigenvalue weighted by Crippen LogP contribution is 2.21. The molecule has 3 rings (SSSR count). The molecule has 1 heterocycles. The van der Waals surface area contributed by atoms with Gasteiger partial charge in [0.1, 0.15) is 0 Å². The number of benzene rings is 2. The maximum Gasteiger partial charge on any atom is 0.334 e. The number of amides is 1. The van der Waals surface area contributed by atoms with E-state index in [2.05, 4.69) is 0 Å². The lowest BCUT2D eigenvalue weighted by molar-refractivity contribution is -0.160. The number of ketones is 1. The Morgan fingerprint density at radius 1 is 1.00 bits per heavy atom. The Hall–Kier alpha value is -2.99. The smallest absolute Gasteiger partial charge is 0.334 e. The normalized spacial score (nSPS) is 19.3. The Kier molecular flexibility index (Phi) is 5.61. The highest BCUT2D eigenvalue weighted by Gasteiger charge is 2.34. The fourth-order valence-electron chi connectivity index (χ4n) is 3.33. The van der Waals surface area contributed by atoms with Gasteiger partial charge in [-0.25, -0.2) is 4.79 Å². The first-order valence-electron chi connectivity index (χ1n) is 9.16. The van der Waals surface area contributed by atoms with Gasteiger partial charge < -0.3 is 14.7 Å². The van der Waals surface area contributed by atoms with Crippen LogP contribution in [0.3, 0.4) is 0 Å². The van der Waals surface area contributed by atoms with Gasteiger partial charge in [-0.3, -0.25) is 9.59 Å². The molecular formula is C22H23NO5. The lowest BCUT2D eigenvalue weighted by Crippen LogP contribution is -2.52. The maximum absolute atomic E-state index is 13.1. The molecule has 146 valence electrons. The highest BCUT2D eigenvalue weighted by atomic mass is 16.5. The molecule has 0 aromatic heterocycles. The molecule has 0 aliphatic carbocycles. The van der Waals surface area contributed by atoms with E-state index >= 15 is 0 Å². The molecule has 2 aromatic carbocycles. The molecule has 6 heteroatoms. The van der Waals surface area contributed by atoms with Gasteiger partial charge in [-0.05, 0) is 44.0 Å². The number of aryl methyl sites for hydroxylation is 2. The predicted molar refractivity (Wildman–Crippen MR) is 104 cm³/mol. The van der Waals surface area contributed by atoms with Crippen molar-refractivity contribution >= 4 is 17.7 Å². The molecule has 1 unspecified atom stereocenters. The maximum atomic E-state index is 13.1. The fourth-order valence-corrected chi connectivity index (χ4v) is 3.33. The summed E-state index contributed by atoms with van der Waals surface area (Å²) in [7, 11) is 0. The van der Waals surface area contributed by atoms with E-state index in [-0.39, 0.29) is 30.3 Å². The average molecular weight is 381 g/mol. The second-order valence-corrected chi connectivity index (χ2v) is 7.16. The van der Waals surface area contributed by atoms with Crippen molar-refractivity contribution in [2.45, 2.75) is 33.0 Å². The monoisotopic (exact) mass is 381 g/mol. The van der Waals surface area contributed by atoms with E-state index in [9.17, 15) is 19.5 Å². The van der Waals surface area contributed by atoms with E-state index in [0.717, 1.165) is 11.1 Å². The van der Waals surface area contributed by atoms with Crippen LogP contribution in [0.5, 0.6) is 0 Å². The van der Waals surface area contributed by atoms with Gasteiger partial charge >= 0.3 is 5.97 Å². The molecule has 2 atom stereocenters. The standard InChI is InChI=1S/C22H23NO5/c1-13-8-9-16(10-14(13)2)20(24)17-6-4-5-7-18(17)21(25)23-11-15(3)28-19(12-23)22(26)27/h4-10,15,19H,11-12H2,1-3H3,(H,26,27)/t15-,19?/m1/s1. The van der Waals surface area contributed by atoms with E-state index in [0.29, 0.717) is 11.1 Å². The van der Waals surface area contributed by atoms with E-state index in [4.69, 9.17) is 4.74 Å². The molecule has 1 amide bonds. The lowest BCUT2D eigenvalue weighted by Gasteiger charge is -2.35. The van der Waals surface area contributed by atoms with E-state index in [1.54, 1.807) is 37.3 Å². The predicted octanol–water partition coefficient (Wildman–Crippen LogP) is 2.85. The van der Waals surface area contributed by atoms with Crippen molar-refractivity contribution in [2.75, 3.05) is 13.1 Å². The summed E-state index contributed by atoms with van der Waals surface area (Å²) in [4.78, 5) is 38.9. The van der Waals surface area contributed by atoms with Crippen molar-refractivity contribution in [2.24, 2.45) is 0 Å². The zero-order valence-electron chi connectivity index (χ0n) is 16.1. The summed E-state index contributed by atoms with van der Waals surface area (Å²) in [6.07, 6.45) is -1.48. The molecule has 1 aliphatic rings. The Morgan fingerprint density at radius 3 is 2.32 bits per heavy atom. The van der Waals surface area contributed by atoms with E-state index < -0.39 is 18.2 Å². The molecule has 1 N–H and O–H groups in total. The first-order chi connectivity index (χ1) is 13.3. The van der Waals surface area contributed by atoms with Crippen molar-refractivity contribution < 1.29 is 24.2 Å². The number of hydrogen-bond donors (Lipinski definition) is 1. The van der Waals surface area contributed by atoms with Crippen molar-refractivity contribution in [1.82, 2.24) is 4.90 Å². The molecule has 0 saturated carbocycles. The highest BCUT2D eigenvalue weighted by molar-refractivity contribution is 6.15. The number of carbonyl (C=O) groups is 3. The van der Waals surface area contributed by atoms with Crippen LogP contribution in [-0.2, 0) is 9.53 Å². The minimum Gasteiger partial charge on any atom is -0.479 e. The number of hydrogen-bond acceptors (Lipinski definition) is 4. The van der Waals surface area contributed by atoms with Gasteiger partial charge in [-0.1, -0.05) is 30.3 Å². The summed E-state index contributed by atoms with van der Waals surface area (Å²) in [6, 6.07) is 12.1. The van der Waals surface area contributed by atoms with Crippen molar-refractivity contribution in [1.29, 1.82) is 0 Å². The largest absolute Gasteiger partial charge is 0.479 e. The first kappa shape index (κ1) is 19.8. The van der Waals surface area contributed by atoms with Crippen LogP contribution in [0.1, 0.15) is 44.3 Å². The number of ether oxygens (including phenoxy) is 1. The van der Waals surface area contributed by atoms with Gasteiger partial charge in [0.25, 0.3) is 5.91 Å². The van der Waals surface area contributed by atoms with Crippen LogP contribution in [0.4, 0.5) is 0 Å². The molecule has 1 aliphatic heterocycles. The number of rotatable bonds is 4. The van der Waals surface area contributed by atoms with Crippen LogP contribution in [-0.4, -0.2) is 53.0 Å². The second-order valence-electron chi connectivity index (χ2n) is 7.16. The number of morpholine rings is 1. The second kappa shape index (κ2) is 7.94. The summed E-state index contributed by atoms with van der Waals surface area (Å²) in [5.41, 5.74) is 3.18. The summed E-state index contributed by atoms with van der Waals surface area (Å²) in [5, 5.41) is 9.25. The third-order valence-corrected chi connectivity index (χ3v) is 4.99. The van der Waals surface area contributed by atoms with Crippen LogP contribution < -0.4 is 0 Å². The molecule has 6 nitrogen and oxygen atoms in total. The van der Waals surface area contributed by atoms with Crippen LogP contribution in [0.15, 0.2) is 42.5 Å². The Balaban J connectivity index is 1.93. The van der Waals surface area contributed by atoms with E-state index in [1.165, 1.54) is 4.90 Å². The fraction of sp³-hybridized carbons (Fsp3) is 0.318. The molecule has 1 fully saturated rings. The number of carboxylic acids is 1. The molecule has 0 spiro atoms. The van der Waals surface area contributed by atoms with Gasteiger partial charge in [-0.2, -0.15) is 0 Å². The van der Waals surface area contributed by atoms with Gasteiger partial charge in [0.05, 0.1) is 18.2 Å². The van der Waals surface area contributed by atoms with Gasteiger partial charge in [-0.15, -0.1) is 0 Å². The number of carboxylic acid groups (broad SMARTS) is 1. The SMILES string of the molecule is Cc1ccc(C(=O)c2ccccc2C(=O)N2CC(C(=O)O)O[C@H](C)C2)cc1C. The summed E-state index contributed by atoms with van der Waals surface area (Å²) in [5.74, 6) is -1.71. The minimum absolute atomic E-state index is 0.0509. The van der Waals surface area contributed by atoms with Gasteiger partial charge in [0, 0.05) is 17.7 Å². The first-order valence-corrected chi connectivity index (χ1v) is 9.16. The Bertz CT molecular complexity index is 936. The molecule has 0 radical (unpaired) electrons. The number of carbonyl (C=O) groups excluding carboxylic acids is 2. The summed E-state index contributed by atoms with van der Waals surface area (Å²) in [6.45, 7) is 5.85. The topological polar surface area (TPSA) is 83.9 Å². The number of nitrogens with zero attached hydrogens (tertiary/aromatic N) is 1. The molecule has 1 saturated heterocycles. The summed E-state index contributed by atoms with van der Waals surface area (Å²) < 4.78 is 5.37. The van der Waals surface area contributed by atoms with Crippen molar-refractivity contribution in [3.8, 4) is 0 Å². The lowest BCUT2D eigenvalue weighted by atomic mass is 9.95. The molecular weight excluding hydrogens is 358 g/mol. The van der Waals surface area contributed by atoms with Crippen molar-refractivity contribution in [3.05, 3.63) is 70.3 Å². The van der Waals surface area contributed by atoms with Crippen molar-refractivity contribution in [3.63, 3.8) is 0 Å². The quantitative estimate of drug-likeness (QED) is 0.824. The zero-order chi connectivity index (χ0) is 20.4. The van der Waals surface area contributed by atoms with Crippen LogP contribution in [0.25, 0.3) is 0 Å². The zero-order valence-corrected chi connectivity index (χ0v) is 16.1. The van der Waals surface area contributed by atoms with Gasteiger partial charge in [0.15, 0.2) is 11.9 Å². The molecule has 28 heavy (non-hydrogen) atoms. The van der Waals surface area contributed by atoms with Crippen LogP contribution >= 0.6 is 0 Å². The van der Waals surface area contributed by atoms with E-state index in [1.807, 2.05) is 26.0 Å². The molecule has 2 aromatic rings. The summed E-state index contributed by atoms with van der Waals surface area (Å²) >= 11 is 0.